The summed E-state index contributed by atoms with van der Waals surface area (Å²) in [5.41, 5.74) is 3.69. The average molecular weight is 535 g/mol. The van der Waals surface area contributed by atoms with E-state index in [1.807, 2.05) is 48.5 Å². The average Bonchev–Trinajstić information content (AvgIpc) is 3.32. The van der Waals surface area contributed by atoms with Gasteiger partial charge in [0.15, 0.2) is 5.78 Å². The lowest BCUT2D eigenvalue weighted by atomic mass is 9.86. The molecule has 1 fully saturated rings. The second-order valence-corrected chi connectivity index (χ2v) is 10.4. The molecule has 4 rings (SSSR count). The van der Waals surface area contributed by atoms with Gasteiger partial charge in [-0.1, -0.05) is 55.0 Å². The highest BCUT2D eigenvalue weighted by Gasteiger charge is 2.48. The van der Waals surface area contributed by atoms with Gasteiger partial charge in [0.05, 0.1) is 12.7 Å². The molecule has 6 nitrogen and oxygen atoms in total. The number of para-hydroxylation sites is 1. The van der Waals surface area contributed by atoms with Crippen LogP contribution in [0.25, 0.3) is 11.1 Å². The molecule has 1 heterocycles. The number of hydrogen-bond donors (Lipinski definition) is 2. The van der Waals surface area contributed by atoms with Crippen molar-refractivity contribution in [3.63, 3.8) is 0 Å². The van der Waals surface area contributed by atoms with E-state index >= 15 is 0 Å². The van der Waals surface area contributed by atoms with E-state index in [0.29, 0.717) is 13.0 Å². The topological polar surface area (TPSA) is 73.2 Å². The van der Waals surface area contributed by atoms with Gasteiger partial charge in [0.25, 0.3) is 0 Å². The number of rotatable bonds is 13. The van der Waals surface area contributed by atoms with Crippen molar-refractivity contribution in [2.45, 2.75) is 57.4 Å². The van der Waals surface area contributed by atoms with E-state index in [9.17, 15) is 19.4 Å². The molecule has 1 aliphatic heterocycles. The summed E-state index contributed by atoms with van der Waals surface area (Å²) in [6.07, 6.45) is 1.52. The molecule has 0 aliphatic carbocycles. The van der Waals surface area contributed by atoms with E-state index in [1.54, 1.807) is 18.1 Å². The van der Waals surface area contributed by atoms with Crippen LogP contribution in [0.3, 0.4) is 0 Å². The highest BCUT2D eigenvalue weighted by Crippen LogP contribution is 2.34. The lowest BCUT2D eigenvalue weighted by Gasteiger charge is -2.26. The van der Waals surface area contributed by atoms with E-state index in [2.05, 4.69) is 24.1 Å². The van der Waals surface area contributed by atoms with Crippen LogP contribution < -0.4 is 4.90 Å². The van der Waals surface area contributed by atoms with Gasteiger partial charge >= 0.3 is 0 Å². The summed E-state index contributed by atoms with van der Waals surface area (Å²) < 4.78 is 13.8. The molecule has 0 aromatic heterocycles. The molecule has 1 aliphatic rings. The largest absolute Gasteiger partial charge is 0.394 e. The van der Waals surface area contributed by atoms with Crippen molar-refractivity contribution in [1.29, 1.82) is 0 Å². The Morgan fingerprint density at radius 2 is 1.72 bits per heavy atom. The molecule has 3 unspecified atom stereocenters. The van der Waals surface area contributed by atoms with Crippen LogP contribution in [-0.4, -0.2) is 59.5 Å². The molecule has 208 valence electrons. The van der Waals surface area contributed by atoms with Crippen molar-refractivity contribution >= 4 is 11.5 Å². The van der Waals surface area contributed by atoms with Gasteiger partial charge in [-0.2, -0.15) is 5.06 Å². The fourth-order valence-corrected chi connectivity index (χ4v) is 5.43. The lowest BCUT2D eigenvalue weighted by molar-refractivity contribution is -0.181. The van der Waals surface area contributed by atoms with Crippen molar-refractivity contribution in [2.24, 2.45) is 5.92 Å². The molecule has 4 atom stereocenters. The normalized spacial score (nSPS) is 20.2. The van der Waals surface area contributed by atoms with Gasteiger partial charge in [0.2, 0.25) is 0 Å². The molecule has 0 bridgehead atoms. The van der Waals surface area contributed by atoms with Crippen LogP contribution in [0.4, 0.5) is 10.1 Å². The third-order valence-corrected chi connectivity index (χ3v) is 7.48. The molecule has 0 amide bonds. The first-order chi connectivity index (χ1) is 18.9. The van der Waals surface area contributed by atoms with Crippen molar-refractivity contribution in [2.75, 3.05) is 25.1 Å². The number of benzene rings is 3. The maximum Gasteiger partial charge on any atom is 0.152 e. The van der Waals surface area contributed by atoms with Crippen LogP contribution in [0.1, 0.15) is 38.2 Å². The SMILES string of the molecule is CC(O)C1C(C(=O)CCCCCN(C)c2ccccc2)N(Cc2cccc(-c3cccc(F)c3)c2)O[C@@H]1CO. The van der Waals surface area contributed by atoms with Crippen LogP contribution in [0.15, 0.2) is 78.9 Å². The fraction of sp³-hybridized carbons (Fsp3) is 0.406. The Morgan fingerprint density at radius 1 is 1.00 bits per heavy atom. The minimum atomic E-state index is -0.820. The van der Waals surface area contributed by atoms with Crippen LogP contribution in [0.2, 0.25) is 0 Å². The predicted molar refractivity (Wildman–Crippen MR) is 151 cm³/mol. The Hall–Kier alpha value is -3.10. The first-order valence-electron chi connectivity index (χ1n) is 13.7. The number of ketones is 1. The smallest absolute Gasteiger partial charge is 0.152 e. The second kappa shape index (κ2) is 13.8. The van der Waals surface area contributed by atoms with Crippen molar-refractivity contribution < 1.29 is 24.2 Å². The lowest BCUT2D eigenvalue weighted by Crippen LogP contribution is -2.43. The minimum Gasteiger partial charge on any atom is -0.394 e. The second-order valence-electron chi connectivity index (χ2n) is 10.4. The summed E-state index contributed by atoms with van der Waals surface area (Å²) >= 11 is 0. The molecule has 7 heteroatoms. The first kappa shape index (κ1) is 28.9. The number of Topliss-reactive ketones (excluding diaryl/α,β-unsaturated/α-hetero) is 1. The summed E-state index contributed by atoms with van der Waals surface area (Å²) in [6, 6.07) is 23.7. The minimum absolute atomic E-state index is 0.00884. The summed E-state index contributed by atoms with van der Waals surface area (Å²) in [5.74, 6) is -0.823. The summed E-state index contributed by atoms with van der Waals surface area (Å²) in [5, 5.41) is 22.1. The standard InChI is InChI=1S/C32H39FN2O4/c1-23(37)31-30(22-36)39-35(21-24-11-9-12-25(19-24)26-13-10-14-27(33)20-26)32(31)29(38)17-7-4-8-18-34(2)28-15-5-3-6-16-28/h3,5-6,9-16,19-20,23,30-32,36-37H,4,7-8,17-18,21-22H2,1-2H3/t23?,30-,31?,32?/m1/s1. The van der Waals surface area contributed by atoms with Gasteiger partial charge in [0, 0.05) is 38.2 Å². The monoisotopic (exact) mass is 534 g/mol. The molecule has 3 aromatic rings. The van der Waals surface area contributed by atoms with Crippen molar-refractivity contribution in [3.05, 3.63) is 90.2 Å². The molecule has 39 heavy (non-hydrogen) atoms. The van der Waals surface area contributed by atoms with Gasteiger partial charge in [-0.3, -0.25) is 9.63 Å². The number of carbonyl (C=O) groups excluding carboxylic acids is 1. The van der Waals surface area contributed by atoms with Gasteiger partial charge < -0.3 is 15.1 Å². The van der Waals surface area contributed by atoms with Crippen LogP contribution >= 0.6 is 0 Å². The number of aliphatic hydroxyl groups excluding tert-OH is 2. The maximum atomic E-state index is 13.8. The first-order valence-corrected chi connectivity index (χ1v) is 13.7. The van der Waals surface area contributed by atoms with Crippen molar-refractivity contribution in [3.8, 4) is 11.1 Å². The molecular formula is C32H39FN2O4. The number of aliphatic hydroxyl groups is 2. The molecular weight excluding hydrogens is 495 g/mol. The van der Waals surface area contributed by atoms with E-state index in [-0.39, 0.29) is 18.2 Å². The van der Waals surface area contributed by atoms with Gasteiger partial charge in [0.1, 0.15) is 18.0 Å². The maximum absolute atomic E-state index is 13.8. The quantitative estimate of drug-likeness (QED) is 0.293. The van der Waals surface area contributed by atoms with Gasteiger partial charge in [-0.25, -0.2) is 4.39 Å². The number of hydroxylamine groups is 2. The Bertz CT molecular complexity index is 1210. The van der Waals surface area contributed by atoms with E-state index in [1.165, 1.54) is 17.8 Å². The van der Waals surface area contributed by atoms with Gasteiger partial charge in [-0.05, 0) is 66.8 Å². The van der Waals surface area contributed by atoms with Crippen LogP contribution in [-0.2, 0) is 16.2 Å². The Labute approximate surface area is 230 Å². The summed E-state index contributed by atoms with van der Waals surface area (Å²) in [6.45, 7) is 2.57. The van der Waals surface area contributed by atoms with E-state index in [4.69, 9.17) is 4.84 Å². The molecule has 0 saturated carbocycles. The zero-order valence-corrected chi connectivity index (χ0v) is 22.7. The van der Waals surface area contributed by atoms with Crippen LogP contribution in [0.5, 0.6) is 0 Å². The zero-order chi connectivity index (χ0) is 27.8. The van der Waals surface area contributed by atoms with Gasteiger partial charge in [-0.15, -0.1) is 0 Å². The Kier molecular flexibility index (Phi) is 10.2. The highest BCUT2D eigenvalue weighted by atomic mass is 19.1. The molecule has 3 aromatic carbocycles. The van der Waals surface area contributed by atoms with Crippen LogP contribution in [0, 0.1) is 11.7 Å². The number of unbranched alkanes of at least 4 members (excludes halogenated alkanes) is 2. The molecule has 2 N–H and O–H groups in total. The predicted octanol–water partition coefficient (Wildman–Crippen LogP) is 5.23. The van der Waals surface area contributed by atoms with Crippen molar-refractivity contribution in [1.82, 2.24) is 5.06 Å². The number of halogens is 1. The number of carbonyl (C=O) groups is 1. The zero-order valence-electron chi connectivity index (χ0n) is 22.7. The number of hydrogen-bond acceptors (Lipinski definition) is 6. The third kappa shape index (κ3) is 7.51. The summed E-state index contributed by atoms with van der Waals surface area (Å²) in [7, 11) is 2.07. The molecule has 0 spiro atoms. The van der Waals surface area contributed by atoms with E-state index < -0.39 is 24.2 Å². The number of anilines is 1. The Morgan fingerprint density at radius 3 is 2.41 bits per heavy atom. The summed E-state index contributed by atoms with van der Waals surface area (Å²) in [4.78, 5) is 21.7. The van der Waals surface area contributed by atoms with E-state index in [0.717, 1.165) is 42.5 Å². The fourth-order valence-electron chi connectivity index (χ4n) is 5.43. The molecule has 1 saturated heterocycles. The third-order valence-electron chi connectivity index (χ3n) is 7.48. The molecule has 0 radical (unpaired) electrons. The number of nitrogens with zero attached hydrogens (tertiary/aromatic N) is 2. The Balaban J connectivity index is 1.40. The highest BCUT2D eigenvalue weighted by molar-refractivity contribution is 5.84.